The normalized spacial score (nSPS) is 21.4. The number of nitrogens with one attached hydrogen (secondary N) is 2. The second-order valence-electron chi connectivity index (χ2n) is 10.9. The largest absolute Gasteiger partial charge is 0.573 e. The van der Waals surface area contributed by atoms with Crippen molar-refractivity contribution in [2.75, 3.05) is 22.6 Å². The van der Waals surface area contributed by atoms with E-state index < -0.39 is 46.4 Å². The van der Waals surface area contributed by atoms with Crippen LogP contribution in [0.5, 0.6) is 5.75 Å². The summed E-state index contributed by atoms with van der Waals surface area (Å²) in [6, 6.07) is 6.11. The van der Waals surface area contributed by atoms with Crippen LogP contribution in [0.2, 0.25) is 0 Å². The van der Waals surface area contributed by atoms with Crippen LogP contribution in [0.3, 0.4) is 0 Å². The number of hydrogen-bond donors (Lipinski definition) is 4. The highest BCUT2D eigenvalue weighted by Gasteiger charge is 2.43. The Kier molecular flexibility index (Phi) is 8.72. The molecule has 11 nitrogen and oxygen atoms in total. The molecule has 1 unspecified atom stereocenters. The van der Waals surface area contributed by atoms with Gasteiger partial charge in [-0.1, -0.05) is 12.1 Å². The Balaban J connectivity index is 1.48. The first-order valence-corrected chi connectivity index (χ1v) is 16.5. The van der Waals surface area contributed by atoms with Gasteiger partial charge in [0.25, 0.3) is 0 Å². The quantitative estimate of drug-likeness (QED) is 0.203. The van der Waals surface area contributed by atoms with Crippen molar-refractivity contribution >= 4 is 43.2 Å². The topological polar surface area (TPSA) is 159 Å². The number of aliphatic hydroxyl groups excluding tert-OH is 2. The standard InChI is InChI=1S/C28H31F3N6O5S2/c1-13(16-5-7-18(8-6-16)42-28(29,30)31)33-27-34-14(2)21(26-36-22-15(3)32-10-9-20(22)43-26)25(37-27)35-19-11-17(12-44(4,40)41)23(38)24(19)39/h5-10,13,17,19,23-24,38-39H,11-12H2,1-4H3,(H2,33,34,35,37)/t13-,17-,19?,23-,24+/m1/s1. The summed E-state index contributed by atoms with van der Waals surface area (Å²) < 4.78 is 66.4. The number of alkyl halides is 3. The summed E-state index contributed by atoms with van der Waals surface area (Å²) >= 11 is 1.41. The number of sulfone groups is 1. The van der Waals surface area contributed by atoms with E-state index in [1.54, 1.807) is 20.0 Å². The summed E-state index contributed by atoms with van der Waals surface area (Å²) in [6.07, 6.45) is -4.37. The molecule has 1 saturated carbocycles. The number of aliphatic hydroxyl groups is 2. The van der Waals surface area contributed by atoms with E-state index >= 15 is 0 Å². The van der Waals surface area contributed by atoms with Gasteiger partial charge in [0.15, 0.2) is 0 Å². The minimum absolute atomic E-state index is 0.173. The lowest BCUT2D eigenvalue weighted by atomic mass is 10.1. The predicted octanol–water partition coefficient (Wildman–Crippen LogP) is 4.40. The number of fused-ring (bicyclic) bond motifs is 1. The zero-order chi connectivity index (χ0) is 32.0. The van der Waals surface area contributed by atoms with Crippen molar-refractivity contribution in [3.63, 3.8) is 0 Å². The number of aryl methyl sites for hydroxylation is 2. The predicted molar refractivity (Wildman–Crippen MR) is 160 cm³/mol. The molecule has 0 amide bonds. The number of pyridine rings is 1. The van der Waals surface area contributed by atoms with Crippen molar-refractivity contribution in [1.82, 2.24) is 19.9 Å². The van der Waals surface area contributed by atoms with Crippen LogP contribution in [0.1, 0.15) is 36.3 Å². The Morgan fingerprint density at radius 2 is 1.77 bits per heavy atom. The molecule has 4 N–H and O–H groups in total. The van der Waals surface area contributed by atoms with Crippen molar-refractivity contribution in [3.05, 3.63) is 53.5 Å². The summed E-state index contributed by atoms with van der Waals surface area (Å²) in [4.78, 5) is 18.4. The molecule has 0 bridgehead atoms. The lowest BCUT2D eigenvalue weighted by Gasteiger charge is -2.22. The van der Waals surface area contributed by atoms with Gasteiger partial charge in [0.1, 0.15) is 38.0 Å². The monoisotopic (exact) mass is 652 g/mol. The molecule has 16 heteroatoms. The third-order valence-corrected chi connectivity index (χ3v) is 9.47. The van der Waals surface area contributed by atoms with Gasteiger partial charge in [0, 0.05) is 18.4 Å². The Hall–Kier alpha value is -3.60. The van der Waals surface area contributed by atoms with Gasteiger partial charge in [-0.3, -0.25) is 4.98 Å². The SMILES string of the molecule is Cc1nc(N[C@H](C)c2ccc(OC(F)(F)F)cc2)nc(NC2C[C@H](CS(C)(=O)=O)[C@@H](O)[C@H]2O)c1-c1nc2c(C)nccc2s1. The lowest BCUT2D eigenvalue weighted by Crippen LogP contribution is -2.36. The van der Waals surface area contributed by atoms with Gasteiger partial charge in [-0.25, -0.2) is 18.4 Å². The van der Waals surface area contributed by atoms with Crippen molar-refractivity contribution in [3.8, 4) is 16.3 Å². The van der Waals surface area contributed by atoms with Gasteiger partial charge in [-0.15, -0.1) is 24.5 Å². The van der Waals surface area contributed by atoms with Crippen LogP contribution < -0.4 is 15.4 Å². The van der Waals surface area contributed by atoms with E-state index in [1.165, 1.54) is 35.6 Å². The van der Waals surface area contributed by atoms with Crippen LogP contribution in [0.15, 0.2) is 36.5 Å². The summed E-state index contributed by atoms with van der Waals surface area (Å²) in [5.41, 5.74) is 3.21. The molecule has 5 atom stereocenters. The summed E-state index contributed by atoms with van der Waals surface area (Å²) in [6.45, 7) is 5.41. The maximum atomic E-state index is 12.6. The number of rotatable bonds is 9. The van der Waals surface area contributed by atoms with Crippen molar-refractivity contribution in [1.29, 1.82) is 0 Å². The molecule has 5 rings (SSSR count). The number of halogens is 3. The lowest BCUT2D eigenvalue weighted by molar-refractivity contribution is -0.274. The average Bonchev–Trinajstić information content (AvgIpc) is 3.45. The third-order valence-electron chi connectivity index (χ3n) is 7.39. The van der Waals surface area contributed by atoms with Crippen LogP contribution in [0.4, 0.5) is 24.9 Å². The molecule has 0 saturated heterocycles. The second kappa shape index (κ2) is 12.1. The van der Waals surface area contributed by atoms with Crippen LogP contribution in [0, 0.1) is 19.8 Å². The first-order chi connectivity index (χ1) is 20.6. The zero-order valence-electron chi connectivity index (χ0n) is 24.1. The number of anilines is 2. The maximum absolute atomic E-state index is 12.6. The minimum Gasteiger partial charge on any atom is -0.406 e. The molecule has 0 aliphatic heterocycles. The van der Waals surface area contributed by atoms with Gasteiger partial charge in [-0.2, -0.15) is 4.98 Å². The molecule has 44 heavy (non-hydrogen) atoms. The number of hydrogen-bond acceptors (Lipinski definition) is 12. The van der Waals surface area contributed by atoms with Gasteiger partial charge in [0.05, 0.1) is 45.6 Å². The van der Waals surface area contributed by atoms with Crippen molar-refractivity contribution in [2.45, 2.75) is 57.8 Å². The van der Waals surface area contributed by atoms with Crippen molar-refractivity contribution < 1.29 is 36.5 Å². The third kappa shape index (κ3) is 7.20. The van der Waals surface area contributed by atoms with Crippen LogP contribution in [0.25, 0.3) is 20.8 Å². The Morgan fingerprint density at radius 1 is 1.07 bits per heavy atom. The van der Waals surface area contributed by atoms with E-state index in [4.69, 9.17) is 4.98 Å². The number of thiazole rings is 1. The molecule has 1 aliphatic rings. The molecule has 3 heterocycles. The van der Waals surface area contributed by atoms with E-state index in [0.717, 1.165) is 22.2 Å². The van der Waals surface area contributed by atoms with E-state index in [-0.39, 0.29) is 23.9 Å². The highest BCUT2D eigenvalue weighted by Crippen LogP contribution is 2.39. The first-order valence-electron chi connectivity index (χ1n) is 13.6. The average molecular weight is 653 g/mol. The summed E-state index contributed by atoms with van der Waals surface area (Å²) in [5.74, 6) is -0.801. The number of aromatic nitrogens is 4. The number of benzene rings is 1. The van der Waals surface area contributed by atoms with Crippen molar-refractivity contribution in [2.24, 2.45) is 5.92 Å². The van der Waals surface area contributed by atoms with Gasteiger partial charge < -0.3 is 25.6 Å². The van der Waals surface area contributed by atoms with E-state index in [1.807, 2.05) is 13.0 Å². The maximum Gasteiger partial charge on any atom is 0.573 e. The van der Waals surface area contributed by atoms with Crippen LogP contribution >= 0.6 is 11.3 Å². The molecular weight excluding hydrogens is 621 g/mol. The fourth-order valence-corrected chi connectivity index (χ4v) is 7.54. The molecular formula is C28H31F3N6O5S2. The van der Waals surface area contributed by atoms with Gasteiger partial charge in [-0.05, 0) is 51.0 Å². The summed E-state index contributed by atoms with van der Waals surface area (Å²) in [5, 5.41) is 28.5. The van der Waals surface area contributed by atoms with Crippen LogP contribution in [-0.2, 0) is 9.84 Å². The molecule has 0 radical (unpaired) electrons. The van der Waals surface area contributed by atoms with E-state index in [2.05, 4.69) is 30.3 Å². The molecule has 1 fully saturated rings. The fraction of sp³-hybridized carbons (Fsp3) is 0.429. The van der Waals surface area contributed by atoms with Gasteiger partial charge in [0.2, 0.25) is 5.95 Å². The van der Waals surface area contributed by atoms with E-state index in [0.29, 0.717) is 27.6 Å². The van der Waals surface area contributed by atoms with E-state index in [9.17, 15) is 31.8 Å². The highest BCUT2D eigenvalue weighted by molar-refractivity contribution is 7.90. The highest BCUT2D eigenvalue weighted by atomic mass is 32.2. The molecule has 0 spiro atoms. The second-order valence-corrected chi connectivity index (χ2v) is 14.1. The molecule has 236 valence electrons. The first kappa shape index (κ1) is 31.8. The summed E-state index contributed by atoms with van der Waals surface area (Å²) in [7, 11) is -3.41. The number of ether oxygens (including phenoxy) is 1. The Labute approximate surface area is 255 Å². The minimum atomic E-state index is -4.80. The fourth-order valence-electron chi connectivity index (χ4n) is 5.32. The van der Waals surface area contributed by atoms with Gasteiger partial charge >= 0.3 is 6.36 Å². The smallest absolute Gasteiger partial charge is 0.406 e. The zero-order valence-corrected chi connectivity index (χ0v) is 25.8. The molecule has 4 aromatic rings. The Morgan fingerprint density at radius 3 is 2.41 bits per heavy atom. The number of nitrogens with zero attached hydrogens (tertiary/aromatic N) is 4. The molecule has 1 aliphatic carbocycles. The van der Waals surface area contributed by atoms with Crippen LogP contribution in [-0.4, -0.2) is 75.2 Å². The Bertz CT molecular complexity index is 1770. The molecule has 1 aromatic carbocycles. The molecule has 3 aromatic heterocycles.